The van der Waals surface area contributed by atoms with E-state index < -0.39 is 47.2 Å². The zero-order chi connectivity index (χ0) is 33.1. The van der Waals surface area contributed by atoms with E-state index in [1.54, 1.807) is 30.6 Å². The lowest BCUT2D eigenvalue weighted by atomic mass is 9.97. The van der Waals surface area contributed by atoms with Crippen LogP contribution in [0, 0.1) is 0 Å². The normalized spacial score (nSPS) is 25.0. The Morgan fingerprint density at radius 2 is 1.98 bits per heavy atom. The van der Waals surface area contributed by atoms with Gasteiger partial charge in [0.15, 0.2) is 11.4 Å². The molecule has 15 heteroatoms. The highest BCUT2D eigenvalue weighted by atomic mass is 19.4. The SMILES string of the molecule is CCOC1(c2cccnc2)C=CC(N2CCN(C(=O)c3ccc(OC)nc3C(F)(F)F)C[C@H]2CC)=C(C(=O)N[C@H]2CNC[C@H]2F)N1. The van der Waals surface area contributed by atoms with Crippen molar-refractivity contribution in [2.75, 3.05) is 46.4 Å². The number of halogens is 4. The van der Waals surface area contributed by atoms with Gasteiger partial charge in [-0.2, -0.15) is 13.2 Å². The van der Waals surface area contributed by atoms with E-state index in [4.69, 9.17) is 9.47 Å². The molecule has 2 aromatic heterocycles. The third-order valence-electron chi connectivity index (χ3n) is 8.32. The Morgan fingerprint density at radius 1 is 1.17 bits per heavy atom. The number of carbonyl (C=O) groups excluding carboxylic acids is 2. The molecule has 4 atom stereocenters. The molecule has 0 spiro atoms. The first-order chi connectivity index (χ1) is 22.0. The number of hydrogen-bond acceptors (Lipinski definition) is 9. The lowest BCUT2D eigenvalue weighted by molar-refractivity contribution is -0.141. The molecule has 46 heavy (non-hydrogen) atoms. The third-order valence-corrected chi connectivity index (χ3v) is 8.32. The summed E-state index contributed by atoms with van der Waals surface area (Å²) in [5, 5.41) is 8.99. The summed E-state index contributed by atoms with van der Waals surface area (Å²) in [6.45, 7) is 4.74. The van der Waals surface area contributed by atoms with Crippen LogP contribution in [-0.4, -0.2) is 96.3 Å². The Balaban J connectivity index is 1.47. The van der Waals surface area contributed by atoms with E-state index >= 15 is 0 Å². The van der Waals surface area contributed by atoms with Gasteiger partial charge in [0, 0.05) is 69.4 Å². The number of pyridine rings is 2. The number of methoxy groups -OCH3 is 1. The summed E-state index contributed by atoms with van der Waals surface area (Å²) in [6, 6.07) is 4.73. The minimum Gasteiger partial charge on any atom is -0.481 e. The number of aromatic nitrogens is 2. The molecule has 5 rings (SSSR count). The highest BCUT2D eigenvalue weighted by molar-refractivity contribution is 5.96. The molecule has 1 unspecified atom stereocenters. The van der Waals surface area contributed by atoms with Gasteiger partial charge in [0.1, 0.15) is 11.9 Å². The van der Waals surface area contributed by atoms with Crippen LogP contribution in [0.15, 0.2) is 60.2 Å². The zero-order valence-corrected chi connectivity index (χ0v) is 25.7. The van der Waals surface area contributed by atoms with Gasteiger partial charge in [-0.1, -0.05) is 13.0 Å². The molecular formula is C31H37F4N7O4. The standard InChI is InChI=1S/C31H37F4N7O4/c1-4-20-18-41(29(44)21-8-9-25(45-3)39-27(21)31(33,34)35)13-14-42(20)24-10-11-30(46-5-2,19-7-6-12-36-15-19)40-26(24)28(43)38-23-17-37-16-22(23)32/h6-12,15,20,22-23,37,40H,4-5,13-14,16-18H2,1-3H3,(H,38,43)/t20-,22-,23+,30?/m1/s1. The number of allylic oxidation sites excluding steroid dienone is 1. The zero-order valence-electron chi connectivity index (χ0n) is 25.7. The second-order valence-corrected chi connectivity index (χ2v) is 11.1. The fourth-order valence-corrected chi connectivity index (χ4v) is 5.98. The molecule has 0 bridgehead atoms. The maximum absolute atomic E-state index is 14.5. The van der Waals surface area contributed by atoms with Crippen molar-refractivity contribution < 1.29 is 36.6 Å². The molecule has 248 valence electrons. The van der Waals surface area contributed by atoms with Crippen LogP contribution in [0.25, 0.3) is 0 Å². The van der Waals surface area contributed by atoms with E-state index in [-0.39, 0.29) is 56.9 Å². The van der Waals surface area contributed by atoms with E-state index in [9.17, 15) is 27.2 Å². The number of hydrogen-bond donors (Lipinski definition) is 3. The smallest absolute Gasteiger partial charge is 0.434 e. The van der Waals surface area contributed by atoms with E-state index in [2.05, 4.69) is 25.9 Å². The van der Waals surface area contributed by atoms with Gasteiger partial charge in [-0.05, 0) is 37.6 Å². The number of rotatable bonds is 9. The predicted molar refractivity (Wildman–Crippen MR) is 159 cm³/mol. The second-order valence-electron chi connectivity index (χ2n) is 11.1. The largest absolute Gasteiger partial charge is 0.481 e. The van der Waals surface area contributed by atoms with Crippen LogP contribution < -0.4 is 20.7 Å². The van der Waals surface area contributed by atoms with Crippen molar-refractivity contribution in [1.82, 2.24) is 35.7 Å². The number of amides is 2. The third kappa shape index (κ3) is 6.65. The lowest BCUT2D eigenvalue weighted by Crippen LogP contribution is -2.57. The number of ether oxygens (including phenoxy) is 2. The number of alkyl halides is 4. The van der Waals surface area contributed by atoms with E-state index in [0.717, 1.165) is 6.07 Å². The van der Waals surface area contributed by atoms with Gasteiger partial charge in [0.2, 0.25) is 5.88 Å². The summed E-state index contributed by atoms with van der Waals surface area (Å²) in [5.41, 5.74) is -1.88. The van der Waals surface area contributed by atoms with Crippen LogP contribution in [-0.2, 0) is 21.4 Å². The Labute approximate surface area is 264 Å². The minimum absolute atomic E-state index is 0.0726. The molecule has 5 heterocycles. The monoisotopic (exact) mass is 647 g/mol. The molecule has 0 aromatic carbocycles. The van der Waals surface area contributed by atoms with Crippen molar-refractivity contribution in [2.45, 2.75) is 50.4 Å². The first-order valence-electron chi connectivity index (χ1n) is 15.1. The minimum atomic E-state index is -4.87. The number of dihydropyridines is 1. The van der Waals surface area contributed by atoms with Crippen molar-refractivity contribution in [3.63, 3.8) is 0 Å². The van der Waals surface area contributed by atoms with Crippen molar-refractivity contribution in [3.8, 4) is 5.88 Å². The average Bonchev–Trinajstić information content (AvgIpc) is 3.47. The summed E-state index contributed by atoms with van der Waals surface area (Å²) in [4.78, 5) is 38.4. The highest BCUT2D eigenvalue weighted by Crippen LogP contribution is 2.35. The van der Waals surface area contributed by atoms with Gasteiger partial charge in [-0.15, -0.1) is 0 Å². The van der Waals surface area contributed by atoms with E-state index in [0.29, 0.717) is 17.7 Å². The Bertz CT molecular complexity index is 1490. The fourth-order valence-electron chi connectivity index (χ4n) is 5.98. The Morgan fingerprint density at radius 3 is 2.61 bits per heavy atom. The van der Waals surface area contributed by atoms with Crippen LogP contribution in [0.1, 0.15) is 41.9 Å². The summed E-state index contributed by atoms with van der Waals surface area (Å²) >= 11 is 0. The van der Waals surface area contributed by atoms with Crippen LogP contribution >= 0.6 is 0 Å². The Hall–Kier alpha value is -4.24. The van der Waals surface area contributed by atoms with Crippen LogP contribution in [0.3, 0.4) is 0 Å². The molecule has 11 nitrogen and oxygen atoms in total. The van der Waals surface area contributed by atoms with Gasteiger partial charge < -0.3 is 35.2 Å². The summed E-state index contributed by atoms with van der Waals surface area (Å²) < 4.78 is 67.2. The molecule has 2 aromatic rings. The molecule has 0 radical (unpaired) electrons. The van der Waals surface area contributed by atoms with Crippen LogP contribution in [0.5, 0.6) is 5.88 Å². The molecule has 3 aliphatic rings. The lowest BCUT2D eigenvalue weighted by Gasteiger charge is -2.46. The second kappa shape index (κ2) is 13.6. The number of carbonyl (C=O) groups is 2. The quantitative estimate of drug-likeness (QED) is 0.353. The Kier molecular flexibility index (Phi) is 9.82. The van der Waals surface area contributed by atoms with Gasteiger partial charge in [-0.3, -0.25) is 14.6 Å². The number of nitrogens with one attached hydrogen (secondary N) is 3. The molecule has 2 amide bonds. The number of piperazine rings is 1. The first kappa shape index (κ1) is 33.1. The molecular weight excluding hydrogens is 610 g/mol. The maximum atomic E-state index is 14.5. The molecule has 0 saturated carbocycles. The summed E-state index contributed by atoms with van der Waals surface area (Å²) in [6.07, 6.45) is 1.13. The van der Waals surface area contributed by atoms with E-state index in [1.165, 1.54) is 18.1 Å². The van der Waals surface area contributed by atoms with Gasteiger partial charge in [-0.25, -0.2) is 9.37 Å². The molecule has 2 saturated heterocycles. The topological polar surface area (TPSA) is 121 Å². The van der Waals surface area contributed by atoms with Crippen molar-refractivity contribution in [3.05, 3.63) is 77.0 Å². The fraction of sp³-hybridized carbons (Fsp3) is 0.484. The van der Waals surface area contributed by atoms with Crippen molar-refractivity contribution >= 4 is 11.8 Å². The number of nitrogens with zero attached hydrogens (tertiary/aromatic N) is 4. The van der Waals surface area contributed by atoms with Crippen LogP contribution in [0.2, 0.25) is 0 Å². The van der Waals surface area contributed by atoms with Gasteiger partial charge >= 0.3 is 6.18 Å². The maximum Gasteiger partial charge on any atom is 0.434 e. The highest BCUT2D eigenvalue weighted by Gasteiger charge is 2.43. The van der Waals surface area contributed by atoms with Gasteiger partial charge in [0.25, 0.3) is 11.8 Å². The summed E-state index contributed by atoms with van der Waals surface area (Å²) in [5.74, 6) is -1.60. The molecule has 0 aliphatic carbocycles. The summed E-state index contributed by atoms with van der Waals surface area (Å²) in [7, 11) is 1.20. The van der Waals surface area contributed by atoms with Crippen molar-refractivity contribution in [1.29, 1.82) is 0 Å². The van der Waals surface area contributed by atoms with Gasteiger partial charge in [0.05, 0.1) is 24.4 Å². The van der Waals surface area contributed by atoms with Crippen LogP contribution in [0.4, 0.5) is 17.6 Å². The molecule has 3 N–H and O–H groups in total. The first-order valence-corrected chi connectivity index (χ1v) is 15.1. The molecule has 3 aliphatic heterocycles. The molecule has 2 fully saturated rings. The average molecular weight is 648 g/mol. The van der Waals surface area contributed by atoms with Crippen molar-refractivity contribution in [2.24, 2.45) is 0 Å². The predicted octanol–water partition coefficient (Wildman–Crippen LogP) is 2.73. The van der Waals surface area contributed by atoms with E-state index in [1.807, 2.05) is 24.8 Å².